The summed E-state index contributed by atoms with van der Waals surface area (Å²) in [6.45, 7) is 0. The molecule has 0 amide bonds. The van der Waals surface area contributed by atoms with Crippen LogP contribution in [0.25, 0.3) is 0 Å². The summed E-state index contributed by atoms with van der Waals surface area (Å²) >= 11 is 0. The van der Waals surface area contributed by atoms with E-state index in [0.717, 1.165) is 21.2 Å². The fourth-order valence-electron chi connectivity index (χ4n) is 4.50. The molecular weight excluding hydrogens is 526 g/mol. The predicted molar refractivity (Wildman–Crippen MR) is 156 cm³/mol. The van der Waals surface area contributed by atoms with Crippen LogP contribution in [0.1, 0.15) is 0 Å². The van der Waals surface area contributed by atoms with Crippen LogP contribution in [0.15, 0.2) is 154 Å². The summed E-state index contributed by atoms with van der Waals surface area (Å²) in [6, 6.07) is 39.5. The van der Waals surface area contributed by atoms with E-state index in [2.05, 4.69) is 36.4 Å². The van der Waals surface area contributed by atoms with E-state index in [1.165, 1.54) is 14.2 Å². The van der Waals surface area contributed by atoms with Crippen molar-refractivity contribution in [1.29, 1.82) is 0 Å². The Balaban J connectivity index is 1.91. The quantitative estimate of drug-likeness (QED) is 0.259. The molecule has 0 spiro atoms. The molecule has 0 saturated carbocycles. The van der Waals surface area contributed by atoms with Gasteiger partial charge in [0.25, 0.3) is 7.71 Å². The molecule has 194 valence electrons. The van der Waals surface area contributed by atoms with Crippen LogP contribution in [0.3, 0.4) is 0 Å². The Morgan fingerprint density at radius 2 is 1.05 bits per heavy atom. The first-order valence-corrected chi connectivity index (χ1v) is 15.3. The Kier molecular flexibility index (Phi) is 7.88. The van der Waals surface area contributed by atoms with Crippen molar-refractivity contribution >= 4 is 42.2 Å². The molecule has 5 rings (SSSR count). The van der Waals surface area contributed by atoms with E-state index in [-0.39, 0.29) is 16.7 Å². The van der Waals surface area contributed by atoms with Crippen LogP contribution in [0.5, 0.6) is 0 Å². The van der Waals surface area contributed by atoms with Gasteiger partial charge in [-0.25, -0.2) is 0 Å². The molecule has 0 bridgehead atoms. The average molecular weight is 553 g/mol. The Morgan fingerprint density at radius 1 is 0.641 bits per heavy atom. The highest BCUT2D eigenvalue weighted by Gasteiger charge is 2.50. The number of ether oxygens (including phenoxy) is 2. The van der Waals surface area contributed by atoms with E-state index >= 15 is 0 Å². The molecule has 4 aromatic carbocycles. The van der Waals surface area contributed by atoms with Crippen molar-refractivity contribution in [2.24, 2.45) is 9.51 Å². The summed E-state index contributed by atoms with van der Waals surface area (Å²) in [5, 5.41) is 30.5. The lowest BCUT2D eigenvalue weighted by atomic mass is 10.2. The standard InChI is InChI=1S/C31H26N2O4P2/c1-36-30(34)27-28(31(35)37-2)38(23-15-7-3-8-16-23)32-29(27)33-39(24-17-9-4-10-18-24,25-19-11-5-12-20-25)26-21-13-6-14-22-26/h3-22H,1-2H3. The van der Waals surface area contributed by atoms with Gasteiger partial charge in [-0.15, -0.1) is 0 Å². The van der Waals surface area contributed by atoms with Gasteiger partial charge < -0.3 is 19.7 Å². The van der Waals surface area contributed by atoms with Crippen LogP contribution in [-0.4, -0.2) is 20.1 Å². The van der Waals surface area contributed by atoms with Crippen molar-refractivity contribution in [3.63, 3.8) is 0 Å². The van der Waals surface area contributed by atoms with Gasteiger partial charge in [0.15, 0.2) is 5.30 Å². The Bertz CT molecular complexity index is 1470. The zero-order valence-electron chi connectivity index (χ0n) is 21.5. The third-order valence-corrected chi connectivity index (χ3v) is 11.9. The van der Waals surface area contributed by atoms with Crippen molar-refractivity contribution in [1.82, 2.24) is 0 Å². The molecule has 0 radical (unpaired) electrons. The number of nitrogens with zero attached hydrogens (tertiary/aromatic N) is 2. The molecule has 1 aliphatic rings. The van der Waals surface area contributed by atoms with Crippen molar-refractivity contribution in [3.05, 3.63) is 144 Å². The summed E-state index contributed by atoms with van der Waals surface area (Å²) in [5.41, 5.74) is 0.0477. The van der Waals surface area contributed by atoms with Gasteiger partial charge in [-0.2, -0.15) is 0 Å². The van der Waals surface area contributed by atoms with Crippen LogP contribution < -0.4 is 31.4 Å². The van der Waals surface area contributed by atoms with Gasteiger partial charge in [0.05, 0.1) is 5.95 Å². The first kappa shape index (κ1) is 26.4. The molecule has 0 saturated heterocycles. The Hall–Kier alpha value is -4.24. The van der Waals surface area contributed by atoms with E-state index < -0.39 is 27.0 Å². The summed E-state index contributed by atoms with van der Waals surface area (Å²) < 4.78 is 20.7. The lowest BCUT2D eigenvalue weighted by Gasteiger charge is -2.22. The Morgan fingerprint density at radius 3 is 1.46 bits per heavy atom. The molecule has 1 atom stereocenters. The third-order valence-electron chi connectivity index (χ3n) is 6.27. The van der Waals surface area contributed by atoms with Crippen molar-refractivity contribution in [2.75, 3.05) is 14.2 Å². The van der Waals surface area contributed by atoms with E-state index in [0.29, 0.717) is 0 Å². The molecule has 39 heavy (non-hydrogen) atoms. The van der Waals surface area contributed by atoms with Crippen LogP contribution >= 0.6 is 15.1 Å². The van der Waals surface area contributed by atoms with Gasteiger partial charge in [-0.1, -0.05) is 77.6 Å². The van der Waals surface area contributed by atoms with Gasteiger partial charge in [-0.3, -0.25) is 0 Å². The highest BCUT2D eigenvalue weighted by atomic mass is 31.2. The number of benzene rings is 4. The molecule has 0 fully saturated rings. The number of hydrogen-bond donors (Lipinski definition) is 0. The van der Waals surface area contributed by atoms with E-state index in [1.807, 2.05) is 84.9 Å². The largest absolute Gasteiger partial charge is 0.616 e. The van der Waals surface area contributed by atoms with Crippen molar-refractivity contribution < 1.29 is 19.7 Å². The van der Waals surface area contributed by atoms with Crippen molar-refractivity contribution in [2.45, 2.75) is 0 Å². The first-order chi connectivity index (χ1) is 19.1. The van der Waals surface area contributed by atoms with Gasteiger partial charge in [0.2, 0.25) is 18.6 Å². The third kappa shape index (κ3) is 4.97. The Labute approximate surface area is 229 Å². The number of hydrogen-bond acceptors (Lipinski definition) is 5. The van der Waals surface area contributed by atoms with Crippen LogP contribution in [0.4, 0.5) is 0 Å². The molecule has 0 aromatic heterocycles. The molecule has 0 N–H and O–H groups in total. The zero-order valence-corrected chi connectivity index (χ0v) is 23.3. The predicted octanol–water partition coefficient (Wildman–Crippen LogP) is 3.69. The lowest BCUT2D eigenvalue weighted by molar-refractivity contribution is -0.358. The molecule has 1 aliphatic heterocycles. The van der Waals surface area contributed by atoms with Gasteiger partial charge in [0.1, 0.15) is 27.4 Å². The molecule has 1 heterocycles. The smallest absolute Gasteiger partial charge is 0.287 e. The van der Waals surface area contributed by atoms with E-state index in [9.17, 15) is 10.2 Å². The van der Waals surface area contributed by atoms with E-state index in [4.69, 9.17) is 19.0 Å². The molecule has 0 aliphatic carbocycles. The van der Waals surface area contributed by atoms with Gasteiger partial charge in [-0.05, 0) is 67.5 Å². The molecule has 1 unspecified atom stereocenters. The summed E-state index contributed by atoms with van der Waals surface area (Å²) in [5.74, 6) is -1.10. The van der Waals surface area contributed by atoms with Crippen LogP contribution in [-0.2, 0) is 9.47 Å². The monoisotopic (exact) mass is 552 g/mol. The average Bonchev–Trinajstić information content (AvgIpc) is 3.39. The van der Waals surface area contributed by atoms with Gasteiger partial charge >= 0.3 is 0 Å². The molecule has 6 nitrogen and oxygen atoms in total. The van der Waals surface area contributed by atoms with Gasteiger partial charge in [0, 0.05) is 0 Å². The topological polar surface area (TPSA) is 89.3 Å². The minimum absolute atomic E-state index is 0.0477. The van der Waals surface area contributed by atoms with Crippen LogP contribution in [0, 0.1) is 0 Å². The number of rotatable bonds is 7. The summed E-state index contributed by atoms with van der Waals surface area (Å²) in [7, 11) is -1.78. The van der Waals surface area contributed by atoms with Crippen LogP contribution in [0.2, 0.25) is 0 Å². The summed E-state index contributed by atoms with van der Waals surface area (Å²) in [4.78, 5) is 0. The second kappa shape index (κ2) is 11.7. The minimum atomic E-state index is -2.76. The van der Waals surface area contributed by atoms with E-state index in [1.54, 1.807) is 0 Å². The fraction of sp³-hybridized carbons (Fsp3) is 0.0645. The first-order valence-electron chi connectivity index (χ1n) is 12.2. The maximum atomic E-state index is 13.3. The maximum Gasteiger partial charge on any atom is 0.287 e. The lowest BCUT2D eigenvalue weighted by Crippen LogP contribution is -2.30. The van der Waals surface area contributed by atoms with Crippen molar-refractivity contribution in [3.8, 4) is 0 Å². The number of methoxy groups -OCH3 is 2. The highest BCUT2D eigenvalue weighted by Crippen LogP contribution is 2.59. The second-order valence-electron chi connectivity index (χ2n) is 8.52. The number of amidine groups is 1. The second-order valence-corrected chi connectivity index (χ2v) is 13.3. The SMILES string of the molecule is CO/C([O-])=C1\C(=N\[P+](c2ccccc2)(c2ccccc2)c2ccccc2)N=[P+](c2ccccc2)\C1=C(/[O-])OC. The molecule has 4 aromatic rings. The maximum absolute atomic E-state index is 13.3. The molecule has 8 heteroatoms. The molecular formula is C31H26N2O4P2. The zero-order chi connectivity index (χ0) is 27.2. The summed E-state index contributed by atoms with van der Waals surface area (Å²) in [6.07, 6.45) is 0. The fourth-order valence-corrected chi connectivity index (χ4v) is 9.98. The normalized spacial score (nSPS) is 17.9. The minimum Gasteiger partial charge on any atom is -0.616 e. The highest BCUT2D eigenvalue weighted by molar-refractivity contribution is 7.94.